The first-order chi connectivity index (χ1) is 18.2. The van der Waals surface area contributed by atoms with Crippen LogP contribution in [0.2, 0.25) is 0 Å². The van der Waals surface area contributed by atoms with E-state index in [0.29, 0.717) is 12.1 Å². The summed E-state index contributed by atoms with van der Waals surface area (Å²) in [7, 11) is 0. The Bertz CT molecular complexity index is 1720. The Morgan fingerprint density at radius 3 is 2.57 bits per heavy atom. The highest BCUT2D eigenvalue weighted by Crippen LogP contribution is 2.34. The molecule has 0 fully saturated rings. The lowest BCUT2D eigenvalue weighted by Crippen LogP contribution is -2.11. The summed E-state index contributed by atoms with van der Waals surface area (Å²) in [5.74, 6) is 0.00723. The number of anilines is 1. The second-order valence-electron chi connectivity index (χ2n) is 9.01. The Morgan fingerprint density at radius 2 is 1.70 bits per heavy atom. The first-order valence-electron chi connectivity index (χ1n) is 12.3. The maximum atomic E-state index is 12.2. The Hall–Kier alpha value is -4.85. The van der Waals surface area contributed by atoms with Gasteiger partial charge < -0.3 is 10.3 Å². The maximum absolute atomic E-state index is 12.2. The molecule has 5 aromatic heterocycles. The van der Waals surface area contributed by atoms with Crippen LogP contribution < -0.4 is 5.32 Å². The number of nitrogens with one attached hydrogen (secondary N) is 3. The summed E-state index contributed by atoms with van der Waals surface area (Å²) in [6.07, 6.45) is 13.1. The van der Waals surface area contributed by atoms with Crippen molar-refractivity contribution in [3.8, 4) is 33.6 Å². The number of nitrogens with zero attached hydrogens (tertiary/aromatic N) is 4. The highest BCUT2D eigenvalue weighted by Gasteiger charge is 2.15. The largest absolute Gasteiger partial charge is 0.352 e. The summed E-state index contributed by atoms with van der Waals surface area (Å²) in [4.78, 5) is 28.6. The van der Waals surface area contributed by atoms with Crippen molar-refractivity contribution < 1.29 is 4.79 Å². The molecule has 0 aliphatic rings. The summed E-state index contributed by atoms with van der Waals surface area (Å²) < 4.78 is 0. The minimum absolute atomic E-state index is 0.00723. The van der Waals surface area contributed by atoms with E-state index in [9.17, 15) is 4.79 Å². The van der Waals surface area contributed by atoms with Crippen molar-refractivity contribution >= 4 is 33.4 Å². The first kappa shape index (κ1) is 22.6. The molecule has 0 aliphatic heterocycles. The number of unbranched alkanes of at least 4 members (excludes halogenated alkanes) is 1. The van der Waals surface area contributed by atoms with Crippen LogP contribution in [0.25, 0.3) is 55.4 Å². The molecule has 0 bridgehead atoms. The van der Waals surface area contributed by atoms with Gasteiger partial charge in [0.15, 0.2) is 0 Å². The number of carbonyl (C=O) groups is 1. The number of rotatable bonds is 7. The van der Waals surface area contributed by atoms with E-state index in [1.807, 2.05) is 42.7 Å². The summed E-state index contributed by atoms with van der Waals surface area (Å²) >= 11 is 0. The molecule has 1 aromatic carbocycles. The van der Waals surface area contributed by atoms with Crippen LogP contribution in [0.4, 0.5) is 5.69 Å². The van der Waals surface area contributed by atoms with Gasteiger partial charge in [-0.1, -0.05) is 19.4 Å². The minimum atomic E-state index is 0.00723. The normalized spacial score (nSPS) is 11.3. The fraction of sp³-hybridized carbons (Fsp3) is 0.138. The molecule has 0 aliphatic carbocycles. The average Bonchev–Trinajstić information content (AvgIpc) is 3.56. The number of H-pyrrole nitrogens is 2. The monoisotopic (exact) mass is 487 g/mol. The van der Waals surface area contributed by atoms with E-state index in [4.69, 9.17) is 0 Å². The molecule has 8 nitrogen and oxygen atoms in total. The Labute approximate surface area is 213 Å². The quantitative estimate of drug-likeness (QED) is 0.243. The van der Waals surface area contributed by atoms with Gasteiger partial charge in [-0.3, -0.25) is 24.8 Å². The topological polar surface area (TPSA) is 112 Å². The smallest absolute Gasteiger partial charge is 0.224 e. The Kier molecular flexibility index (Phi) is 5.90. The number of aromatic nitrogens is 6. The molecule has 0 radical (unpaired) electrons. The van der Waals surface area contributed by atoms with Crippen molar-refractivity contribution in [3.05, 3.63) is 79.6 Å². The number of benzene rings is 1. The first-order valence-corrected chi connectivity index (χ1v) is 12.3. The Morgan fingerprint density at radius 1 is 0.838 bits per heavy atom. The third-order valence-electron chi connectivity index (χ3n) is 6.47. The van der Waals surface area contributed by atoms with Crippen molar-refractivity contribution in [2.75, 3.05) is 5.32 Å². The SMILES string of the molecule is CCCCC(=O)Nc1cncc(-c2ccc3[nH]nc(-c4cc5c(-c6ccncc6)cncc5[nH]4)c3c2)c1. The lowest BCUT2D eigenvalue weighted by atomic mass is 10.0. The van der Waals surface area contributed by atoms with E-state index in [-0.39, 0.29) is 5.91 Å². The molecule has 0 saturated heterocycles. The van der Waals surface area contributed by atoms with E-state index in [1.54, 1.807) is 24.8 Å². The third-order valence-corrected chi connectivity index (χ3v) is 6.47. The van der Waals surface area contributed by atoms with Crippen LogP contribution in [-0.2, 0) is 4.79 Å². The van der Waals surface area contributed by atoms with Crippen LogP contribution >= 0.6 is 0 Å². The predicted octanol–water partition coefficient (Wildman–Crippen LogP) is 6.36. The van der Waals surface area contributed by atoms with Crippen LogP contribution in [-0.4, -0.2) is 36.0 Å². The number of pyridine rings is 3. The average molecular weight is 488 g/mol. The lowest BCUT2D eigenvalue weighted by molar-refractivity contribution is -0.116. The highest BCUT2D eigenvalue weighted by molar-refractivity contribution is 6.01. The van der Waals surface area contributed by atoms with Crippen molar-refractivity contribution in [3.63, 3.8) is 0 Å². The fourth-order valence-electron chi connectivity index (χ4n) is 4.57. The maximum Gasteiger partial charge on any atom is 0.224 e. The zero-order valence-corrected chi connectivity index (χ0v) is 20.3. The standard InChI is InChI=1S/C29H25N7O/c1-2-3-4-28(37)33-21-11-20(14-31-15-21)19-5-6-25-23(12-19)29(36-35-25)26-13-22-24(16-32-17-27(22)34-26)18-7-9-30-10-8-18/h5-17,34H,2-4H2,1H3,(H,33,37)(H,35,36). The Balaban J connectivity index is 1.37. The molecule has 0 atom stereocenters. The molecular weight excluding hydrogens is 462 g/mol. The van der Waals surface area contributed by atoms with Gasteiger partial charge in [-0.2, -0.15) is 5.10 Å². The van der Waals surface area contributed by atoms with Gasteiger partial charge in [-0.15, -0.1) is 0 Å². The summed E-state index contributed by atoms with van der Waals surface area (Å²) in [5.41, 5.74) is 8.29. The van der Waals surface area contributed by atoms with E-state index in [0.717, 1.165) is 68.3 Å². The van der Waals surface area contributed by atoms with Crippen LogP contribution in [0.3, 0.4) is 0 Å². The van der Waals surface area contributed by atoms with Gasteiger partial charge in [-0.05, 0) is 53.9 Å². The minimum Gasteiger partial charge on any atom is -0.352 e. The number of hydrogen-bond acceptors (Lipinski definition) is 5. The van der Waals surface area contributed by atoms with Gasteiger partial charge in [0.1, 0.15) is 5.69 Å². The molecular formula is C29H25N7O. The number of fused-ring (bicyclic) bond motifs is 2. The number of aromatic amines is 2. The van der Waals surface area contributed by atoms with Crippen molar-refractivity contribution in [1.29, 1.82) is 0 Å². The molecule has 3 N–H and O–H groups in total. The van der Waals surface area contributed by atoms with E-state index in [2.05, 4.69) is 54.5 Å². The molecule has 0 unspecified atom stereocenters. The van der Waals surface area contributed by atoms with Gasteiger partial charge >= 0.3 is 0 Å². The number of carbonyl (C=O) groups excluding carboxylic acids is 1. The van der Waals surface area contributed by atoms with E-state index >= 15 is 0 Å². The zero-order chi connectivity index (χ0) is 25.2. The van der Waals surface area contributed by atoms with Crippen LogP contribution in [0.1, 0.15) is 26.2 Å². The highest BCUT2D eigenvalue weighted by atomic mass is 16.1. The fourth-order valence-corrected chi connectivity index (χ4v) is 4.57. The van der Waals surface area contributed by atoms with Crippen LogP contribution in [0.15, 0.2) is 79.6 Å². The molecule has 182 valence electrons. The zero-order valence-electron chi connectivity index (χ0n) is 20.3. The lowest BCUT2D eigenvalue weighted by Gasteiger charge is -2.07. The van der Waals surface area contributed by atoms with Crippen LogP contribution in [0, 0.1) is 0 Å². The van der Waals surface area contributed by atoms with Gasteiger partial charge in [0.25, 0.3) is 0 Å². The molecule has 0 saturated carbocycles. The molecule has 8 heteroatoms. The van der Waals surface area contributed by atoms with Gasteiger partial charge in [0.2, 0.25) is 5.91 Å². The van der Waals surface area contributed by atoms with Crippen LogP contribution in [0.5, 0.6) is 0 Å². The molecule has 0 spiro atoms. The molecule has 5 heterocycles. The van der Waals surface area contributed by atoms with Gasteiger partial charge in [-0.25, -0.2) is 0 Å². The summed E-state index contributed by atoms with van der Waals surface area (Å²) in [6, 6.07) is 14.2. The van der Waals surface area contributed by atoms with Crippen molar-refractivity contribution in [2.24, 2.45) is 0 Å². The van der Waals surface area contributed by atoms with Gasteiger partial charge in [0, 0.05) is 53.1 Å². The van der Waals surface area contributed by atoms with Gasteiger partial charge in [0.05, 0.1) is 34.8 Å². The molecule has 37 heavy (non-hydrogen) atoms. The summed E-state index contributed by atoms with van der Waals surface area (Å²) in [5, 5.41) is 12.8. The molecule has 6 aromatic rings. The van der Waals surface area contributed by atoms with E-state index < -0.39 is 0 Å². The molecule has 1 amide bonds. The predicted molar refractivity (Wildman–Crippen MR) is 146 cm³/mol. The number of amides is 1. The number of hydrogen-bond donors (Lipinski definition) is 3. The second-order valence-corrected chi connectivity index (χ2v) is 9.01. The molecule has 6 rings (SSSR count). The summed E-state index contributed by atoms with van der Waals surface area (Å²) in [6.45, 7) is 2.07. The van der Waals surface area contributed by atoms with E-state index in [1.165, 1.54) is 0 Å². The second kappa shape index (κ2) is 9.66. The van der Waals surface area contributed by atoms with Crippen molar-refractivity contribution in [2.45, 2.75) is 26.2 Å². The third kappa shape index (κ3) is 4.45. The van der Waals surface area contributed by atoms with Crippen molar-refractivity contribution in [1.82, 2.24) is 30.1 Å².